The summed E-state index contributed by atoms with van der Waals surface area (Å²) >= 11 is 0. The predicted octanol–water partition coefficient (Wildman–Crippen LogP) is 4.56. The van der Waals surface area contributed by atoms with E-state index in [1.165, 1.54) is 24.0 Å². The van der Waals surface area contributed by atoms with Gasteiger partial charge in [-0.1, -0.05) is 42.8 Å². The third kappa shape index (κ3) is 4.92. The van der Waals surface area contributed by atoms with Crippen LogP contribution in [0.5, 0.6) is 5.75 Å². The van der Waals surface area contributed by atoms with Crippen LogP contribution in [0.1, 0.15) is 67.3 Å². The minimum absolute atomic E-state index is 0.0391. The van der Waals surface area contributed by atoms with Gasteiger partial charge in [-0.2, -0.15) is 0 Å². The first kappa shape index (κ1) is 22.0. The largest absolute Gasteiger partial charge is 0.481 e. The molecule has 2 fully saturated rings. The van der Waals surface area contributed by atoms with Crippen LogP contribution in [-0.2, 0) is 16.0 Å². The van der Waals surface area contributed by atoms with Crippen LogP contribution in [0.3, 0.4) is 0 Å². The molecule has 2 saturated carbocycles. The molecule has 1 heterocycles. The van der Waals surface area contributed by atoms with Gasteiger partial charge in [-0.15, -0.1) is 0 Å². The number of fused-ring (bicyclic) bond motifs is 1. The summed E-state index contributed by atoms with van der Waals surface area (Å²) in [5.74, 6) is 1.74. The standard InChI is InChI=1S/C28H34N2O3/c1-3-25(27(31)29-17-19-6-7-19)33-23-13-12-20-14-15-30(28(32)22-10-11-22)26(24(20)16-23)21-8-4-18(2)5-9-21/h4-5,8-9,12-13,16,19,22,25-26H,3,6-7,10-11,14-15,17H2,1-2H3,(H,29,31)/t25-,26+/m0/s1. The molecular formula is C28H34N2O3. The molecule has 2 aromatic carbocycles. The van der Waals surface area contributed by atoms with Crippen LogP contribution in [0.15, 0.2) is 42.5 Å². The second-order valence-electron chi connectivity index (χ2n) is 9.93. The number of amides is 2. The van der Waals surface area contributed by atoms with Crippen molar-refractivity contribution in [2.45, 2.75) is 64.5 Å². The summed E-state index contributed by atoms with van der Waals surface area (Å²) in [5.41, 5.74) is 4.70. The highest BCUT2D eigenvalue weighted by atomic mass is 16.5. The molecule has 3 aliphatic rings. The van der Waals surface area contributed by atoms with Gasteiger partial charge in [0.2, 0.25) is 5.91 Å². The van der Waals surface area contributed by atoms with Gasteiger partial charge in [0, 0.05) is 19.0 Å². The van der Waals surface area contributed by atoms with Gasteiger partial charge < -0.3 is 15.0 Å². The van der Waals surface area contributed by atoms with Crippen molar-refractivity contribution in [1.29, 1.82) is 0 Å². The second kappa shape index (κ2) is 9.20. The molecule has 5 rings (SSSR count). The maximum atomic E-state index is 13.2. The van der Waals surface area contributed by atoms with Gasteiger partial charge in [0.15, 0.2) is 6.10 Å². The zero-order valence-electron chi connectivity index (χ0n) is 19.7. The maximum absolute atomic E-state index is 13.2. The molecule has 0 saturated heterocycles. The number of benzene rings is 2. The fraction of sp³-hybridized carbons (Fsp3) is 0.500. The Balaban J connectivity index is 1.42. The van der Waals surface area contributed by atoms with E-state index >= 15 is 0 Å². The highest BCUT2D eigenvalue weighted by molar-refractivity contribution is 5.82. The molecule has 0 radical (unpaired) electrons. The number of hydrogen-bond acceptors (Lipinski definition) is 3. The molecule has 2 atom stereocenters. The maximum Gasteiger partial charge on any atom is 0.261 e. The van der Waals surface area contributed by atoms with Gasteiger partial charge in [-0.25, -0.2) is 0 Å². The minimum atomic E-state index is -0.507. The fourth-order valence-corrected chi connectivity index (χ4v) is 4.74. The number of hydrogen-bond donors (Lipinski definition) is 1. The Morgan fingerprint density at radius 1 is 1.09 bits per heavy atom. The number of nitrogens with zero attached hydrogens (tertiary/aromatic N) is 1. The van der Waals surface area contributed by atoms with Crippen LogP contribution in [0.25, 0.3) is 0 Å². The average Bonchev–Trinajstić information content (AvgIpc) is 3.74. The van der Waals surface area contributed by atoms with Gasteiger partial charge >= 0.3 is 0 Å². The van der Waals surface area contributed by atoms with Crippen molar-refractivity contribution in [1.82, 2.24) is 10.2 Å². The number of nitrogens with one attached hydrogen (secondary N) is 1. The first-order chi connectivity index (χ1) is 16.0. The highest BCUT2D eigenvalue weighted by Crippen LogP contribution is 2.41. The molecule has 0 aromatic heterocycles. The zero-order chi connectivity index (χ0) is 22.9. The molecule has 0 spiro atoms. The molecule has 2 aromatic rings. The predicted molar refractivity (Wildman–Crippen MR) is 128 cm³/mol. The van der Waals surface area contributed by atoms with Gasteiger partial charge in [0.05, 0.1) is 6.04 Å². The normalized spacial score (nSPS) is 20.7. The molecule has 174 valence electrons. The van der Waals surface area contributed by atoms with E-state index in [9.17, 15) is 9.59 Å². The Morgan fingerprint density at radius 2 is 1.85 bits per heavy atom. The second-order valence-corrected chi connectivity index (χ2v) is 9.93. The molecule has 5 nitrogen and oxygen atoms in total. The fourth-order valence-electron chi connectivity index (χ4n) is 4.74. The molecule has 0 bridgehead atoms. The Bertz CT molecular complexity index is 1020. The van der Waals surface area contributed by atoms with E-state index in [2.05, 4.69) is 53.5 Å². The SMILES string of the molecule is CC[C@H](Oc1ccc2c(c1)[C@@H](c1ccc(C)cc1)N(C(=O)C1CC1)CC2)C(=O)NCC1CC1. The quantitative estimate of drug-likeness (QED) is 0.647. The summed E-state index contributed by atoms with van der Waals surface area (Å²) < 4.78 is 6.19. The number of aryl methyl sites for hydroxylation is 1. The highest BCUT2D eigenvalue weighted by Gasteiger charge is 2.39. The Kier molecular flexibility index (Phi) is 6.13. The topological polar surface area (TPSA) is 58.6 Å². The Morgan fingerprint density at radius 3 is 2.52 bits per heavy atom. The summed E-state index contributed by atoms with van der Waals surface area (Å²) in [5, 5.41) is 3.04. The minimum Gasteiger partial charge on any atom is -0.481 e. The van der Waals surface area contributed by atoms with Crippen molar-refractivity contribution in [3.63, 3.8) is 0 Å². The molecule has 2 aliphatic carbocycles. The summed E-state index contributed by atoms with van der Waals surface area (Å²) in [6, 6.07) is 14.5. The zero-order valence-corrected chi connectivity index (χ0v) is 19.7. The van der Waals surface area contributed by atoms with Crippen LogP contribution >= 0.6 is 0 Å². The number of rotatable bonds is 8. The third-order valence-electron chi connectivity index (χ3n) is 7.15. The number of carbonyl (C=O) groups excluding carboxylic acids is 2. The molecule has 5 heteroatoms. The first-order valence-corrected chi connectivity index (χ1v) is 12.5. The third-order valence-corrected chi connectivity index (χ3v) is 7.15. The van der Waals surface area contributed by atoms with Crippen LogP contribution in [0.4, 0.5) is 0 Å². The molecular weight excluding hydrogens is 412 g/mol. The van der Waals surface area contributed by atoms with Crippen molar-refractivity contribution in [3.8, 4) is 5.75 Å². The molecule has 2 amide bonds. The van der Waals surface area contributed by atoms with Crippen LogP contribution in [-0.4, -0.2) is 35.9 Å². The van der Waals surface area contributed by atoms with E-state index in [0.29, 0.717) is 18.1 Å². The van der Waals surface area contributed by atoms with E-state index in [1.54, 1.807) is 0 Å². The lowest BCUT2D eigenvalue weighted by atomic mass is 9.87. The Labute approximate surface area is 196 Å². The summed E-state index contributed by atoms with van der Waals surface area (Å²) in [4.78, 5) is 27.9. The van der Waals surface area contributed by atoms with Gasteiger partial charge in [-0.05, 0) is 80.2 Å². The van der Waals surface area contributed by atoms with Gasteiger partial charge in [0.1, 0.15) is 5.75 Å². The van der Waals surface area contributed by atoms with Gasteiger partial charge in [-0.3, -0.25) is 9.59 Å². The molecule has 33 heavy (non-hydrogen) atoms. The summed E-state index contributed by atoms with van der Waals surface area (Å²) in [6.45, 7) is 5.54. The van der Waals surface area contributed by atoms with E-state index in [0.717, 1.165) is 43.5 Å². The van der Waals surface area contributed by atoms with Crippen LogP contribution < -0.4 is 10.1 Å². The molecule has 1 aliphatic heterocycles. The van der Waals surface area contributed by atoms with Crippen LogP contribution in [0.2, 0.25) is 0 Å². The van der Waals surface area contributed by atoms with Crippen molar-refractivity contribution in [3.05, 3.63) is 64.7 Å². The molecule has 0 unspecified atom stereocenters. The number of carbonyl (C=O) groups is 2. The van der Waals surface area contributed by atoms with E-state index < -0.39 is 6.10 Å². The smallest absolute Gasteiger partial charge is 0.261 e. The van der Waals surface area contributed by atoms with E-state index in [1.807, 2.05) is 13.0 Å². The lowest BCUT2D eigenvalue weighted by molar-refractivity contribution is -0.134. The van der Waals surface area contributed by atoms with E-state index in [-0.39, 0.29) is 23.8 Å². The van der Waals surface area contributed by atoms with Crippen molar-refractivity contribution in [2.24, 2.45) is 11.8 Å². The lowest BCUT2D eigenvalue weighted by Crippen LogP contribution is -2.41. The monoisotopic (exact) mass is 446 g/mol. The van der Waals surface area contributed by atoms with Crippen molar-refractivity contribution >= 4 is 11.8 Å². The average molecular weight is 447 g/mol. The first-order valence-electron chi connectivity index (χ1n) is 12.5. The summed E-state index contributed by atoms with van der Waals surface area (Å²) in [7, 11) is 0. The van der Waals surface area contributed by atoms with Crippen molar-refractivity contribution < 1.29 is 14.3 Å². The molecule has 1 N–H and O–H groups in total. The van der Waals surface area contributed by atoms with E-state index in [4.69, 9.17) is 4.74 Å². The summed E-state index contributed by atoms with van der Waals surface area (Å²) in [6.07, 6.45) is 5.36. The Hall–Kier alpha value is -2.82. The van der Waals surface area contributed by atoms with Gasteiger partial charge in [0.25, 0.3) is 5.91 Å². The number of ether oxygens (including phenoxy) is 1. The van der Waals surface area contributed by atoms with Crippen molar-refractivity contribution in [2.75, 3.05) is 13.1 Å². The van der Waals surface area contributed by atoms with Crippen LogP contribution in [0, 0.1) is 18.8 Å². The lowest BCUT2D eigenvalue weighted by Gasteiger charge is -2.38.